The first-order chi connectivity index (χ1) is 12.8. The highest BCUT2D eigenvalue weighted by Crippen LogP contribution is 2.37. The first-order valence-electron chi connectivity index (χ1n) is 9.01. The van der Waals surface area contributed by atoms with E-state index in [1.54, 1.807) is 6.20 Å². The van der Waals surface area contributed by atoms with Gasteiger partial charge in [-0.3, -0.25) is 0 Å². The minimum atomic E-state index is -0.135. The lowest BCUT2D eigenvalue weighted by Gasteiger charge is -2.35. The average Bonchev–Trinajstić information content (AvgIpc) is 3.36. The van der Waals surface area contributed by atoms with Crippen LogP contribution in [0, 0.1) is 0 Å². The van der Waals surface area contributed by atoms with Gasteiger partial charge in [0, 0.05) is 37.9 Å². The molecule has 0 fully saturated rings. The summed E-state index contributed by atoms with van der Waals surface area (Å²) in [5.41, 5.74) is 2.50. The largest absolute Gasteiger partial charge is 0.353 e. The van der Waals surface area contributed by atoms with Gasteiger partial charge in [0.1, 0.15) is 0 Å². The summed E-state index contributed by atoms with van der Waals surface area (Å²) in [7, 11) is 0. The summed E-state index contributed by atoms with van der Waals surface area (Å²) in [4.78, 5) is 16.7. The molecule has 0 unspecified atom stereocenters. The van der Waals surface area contributed by atoms with Gasteiger partial charge in [-0.15, -0.1) is 0 Å². The van der Waals surface area contributed by atoms with Crippen molar-refractivity contribution in [1.29, 1.82) is 0 Å². The number of nitrogens with one attached hydrogen (secondary N) is 2. The van der Waals surface area contributed by atoms with E-state index in [0.29, 0.717) is 6.54 Å². The Morgan fingerprint density at radius 3 is 2.81 bits per heavy atom. The maximum Gasteiger partial charge on any atom is 0.315 e. The molecule has 0 saturated heterocycles. The molecule has 1 aromatic carbocycles. The first kappa shape index (κ1) is 16.4. The zero-order valence-corrected chi connectivity index (χ0v) is 14.6. The SMILES string of the molecule is O=C(NCCn1cccc1)N[C@H]1c2ccccc2CC[C@H]1n1ccnc1. The lowest BCUT2D eigenvalue weighted by Crippen LogP contribution is -2.43. The zero-order chi connectivity index (χ0) is 17.8. The summed E-state index contributed by atoms with van der Waals surface area (Å²) < 4.78 is 4.14. The topological polar surface area (TPSA) is 63.9 Å². The summed E-state index contributed by atoms with van der Waals surface area (Å²) in [5.74, 6) is 0. The van der Waals surface area contributed by atoms with Crippen molar-refractivity contribution in [2.24, 2.45) is 0 Å². The quantitative estimate of drug-likeness (QED) is 0.744. The van der Waals surface area contributed by atoms with Crippen molar-refractivity contribution in [2.45, 2.75) is 31.5 Å². The molecular formula is C20H23N5O. The molecule has 1 aliphatic rings. The number of urea groups is 1. The number of benzene rings is 1. The van der Waals surface area contributed by atoms with Crippen LogP contribution in [0.4, 0.5) is 4.79 Å². The second-order valence-corrected chi connectivity index (χ2v) is 6.61. The van der Waals surface area contributed by atoms with Crippen LogP contribution in [0.1, 0.15) is 29.6 Å². The number of aryl methyl sites for hydroxylation is 1. The molecule has 6 nitrogen and oxygen atoms in total. The maximum atomic E-state index is 12.5. The van der Waals surface area contributed by atoms with E-state index in [-0.39, 0.29) is 18.1 Å². The van der Waals surface area contributed by atoms with E-state index in [4.69, 9.17) is 0 Å². The summed E-state index contributed by atoms with van der Waals surface area (Å²) in [5, 5.41) is 6.15. The van der Waals surface area contributed by atoms with Crippen molar-refractivity contribution < 1.29 is 4.79 Å². The number of imidazole rings is 1. The van der Waals surface area contributed by atoms with Crippen molar-refractivity contribution in [3.8, 4) is 0 Å². The molecule has 2 amide bonds. The van der Waals surface area contributed by atoms with E-state index in [9.17, 15) is 4.79 Å². The Bertz CT molecular complexity index is 841. The predicted octanol–water partition coefficient (Wildman–Crippen LogP) is 2.91. The van der Waals surface area contributed by atoms with Gasteiger partial charge in [-0.25, -0.2) is 9.78 Å². The van der Waals surface area contributed by atoms with Crippen LogP contribution in [0.15, 0.2) is 67.5 Å². The van der Waals surface area contributed by atoms with E-state index < -0.39 is 0 Å². The lowest BCUT2D eigenvalue weighted by molar-refractivity contribution is 0.227. The van der Waals surface area contributed by atoms with Crippen LogP contribution in [0.5, 0.6) is 0 Å². The molecular weight excluding hydrogens is 326 g/mol. The van der Waals surface area contributed by atoms with E-state index in [2.05, 4.69) is 38.4 Å². The summed E-state index contributed by atoms with van der Waals surface area (Å²) >= 11 is 0. The van der Waals surface area contributed by atoms with E-state index in [0.717, 1.165) is 19.4 Å². The molecule has 2 aromatic heterocycles. The molecule has 2 atom stereocenters. The Hall–Kier alpha value is -3.02. The van der Waals surface area contributed by atoms with Crippen LogP contribution in [-0.4, -0.2) is 26.7 Å². The number of hydrogen-bond donors (Lipinski definition) is 2. The Kier molecular flexibility index (Phi) is 4.73. The highest BCUT2D eigenvalue weighted by atomic mass is 16.2. The molecule has 2 heterocycles. The maximum absolute atomic E-state index is 12.5. The summed E-state index contributed by atoms with van der Waals surface area (Å²) in [6.07, 6.45) is 11.6. The molecule has 0 aliphatic heterocycles. The fraction of sp³-hybridized carbons (Fsp3) is 0.300. The van der Waals surface area contributed by atoms with Crippen LogP contribution in [0.25, 0.3) is 0 Å². The summed E-state index contributed by atoms with van der Waals surface area (Å²) in [6.45, 7) is 1.34. The molecule has 134 valence electrons. The number of fused-ring (bicyclic) bond motifs is 1. The van der Waals surface area contributed by atoms with Gasteiger partial charge in [0.2, 0.25) is 0 Å². The number of aromatic nitrogens is 3. The third-order valence-electron chi connectivity index (χ3n) is 5.00. The van der Waals surface area contributed by atoms with Crippen molar-refractivity contribution in [3.63, 3.8) is 0 Å². The van der Waals surface area contributed by atoms with E-state index >= 15 is 0 Å². The molecule has 4 rings (SSSR count). The van der Waals surface area contributed by atoms with Gasteiger partial charge >= 0.3 is 6.03 Å². The minimum absolute atomic E-state index is 0.0688. The Labute approximate surface area is 152 Å². The highest BCUT2D eigenvalue weighted by Gasteiger charge is 2.31. The van der Waals surface area contributed by atoms with Crippen LogP contribution < -0.4 is 10.6 Å². The third-order valence-corrected chi connectivity index (χ3v) is 5.00. The monoisotopic (exact) mass is 349 g/mol. The number of nitrogens with zero attached hydrogens (tertiary/aromatic N) is 3. The van der Waals surface area contributed by atoms with E-state index in [1.165, 1.54) is 11.1 Å². The summed E-state index contributed by atoms with van der Waals surface area (Å²) in [6, 6.07) is 12.3. The van der Waals surface area contributed by atoms with Crippen molar-refractivity contribution in [3.05, 3.63) is 78.6 Å². The van der Waals surface area contributed by atoms with Gasteiger partial charge in [-0.05, 0) is 36.1 Å². The predicted molar refractivity (Wildman–Crippen MR) is 99.7 cm³/mol. The van der Waals surface area contributed by atoms with Crippen molar-refractivity contribution in [2.75, 3.05) is 6.54 Å². The molecule has 26 heavy (non-hydrogen) atoms. The number of carbonyl (C=O) groups is 1. The molecule has 0 spiro atoms. The lowest BCUT2D eigenvalue weighted by atomic mass is 9.84. The number of rotatable bonds is 5. The minimum Gasteiger partial charge on any atom is -0.353 e. The van der Waals surface area contributed by atoms with Crippen LogP contribution >= 0.6 is 0 Å². The molecule has 0 saturated carbocycles. The Balaban J connectivity index is 1.46. The third kappa shape index (κ3) is 3.49. The van der Waals surface area contributed by atoms with Crippen molar-refractivity contribution >= 4 is 6.03 Å². The van der Waals surface area contributed by atoms with Crippen LogP contribution in [0.3, 0.4) is 0 Å². The standard InChI is InChI=1S/C20H23N5O/c26-20(22-10-13-24-11-3-4-12-24)23-19-17-6-2-1-5-16(17)7-8-18(19)25-14-9-21-15-25/h1-6,9,11-12,14-15,18-19H,7-8,10,13H2,(H2,22,23,26)/t18-,19+/m1/s1. The fourth-order valence-electron chi connectivity index (χ4n) is 3.71. The fourth-order valence-corrected chi connectivity index (χ4v) is 3.71. The van der Waals surface area contributed by atoms with Crippen LogP contribution in [-0.2, 0) is 13.0 Å². The average molecular weight is 349 g/mol. The Morgan fingerprint density at radius 2 is 2.00 bits per heavy atom. The number of carbonyl (C=O) groups excluding carboxylic acids is 1. The number of amides is 2. The first-order valence-corrected chi connectivity index (χ1v) is 9.01. The molecule has 0 radical (unpaired) electrons. The van der Waals surface area contributed by atoms with Gasteiger partial charge in [0.15, 0.2) is 0 Å². The molecule has 2 N–H and O–H groups in total. The van der Waals surface area contributed by atoms with Crippen molar-refractivity contribution in [1.82, 2.24) is 24.8 Å². The molecule has 0 bridgehead atoms. The molecule has 1 aliphatic carbocycles. The van der Waals surface area contributed by atoms with Gasteiger partial charge < -0.3 is 19.8 Å². The number of hydrogen-bond acceptors (Lipinski definition) is 2. The van der Waals surface area contributed by atoms with Crippen LogP contribution in [0.2, 0.25) is 0 Å². The molecule has 3 aromatic rings. The van der Waals surface area contributed by atoms with Gasteiger partial charge in [0.25, 0.3) is 0 Å². The smallest absolute Gasteiger partial charge is 0.315 e. The van der Waals surface area contributed by atoms with Gasteiger partial charge in [-0.2, -0.15) is 0 Å². The Morgan fingerprint density at radius 1 is 1.15 bits per heavy atom. The van der Waals surface area contributed by atoms with Gasteiger partial charge in [0.05, 0.1) is 18.4 Å². The molecule has 6 heteroatoms. The second-order valence-electron chi connectivity index (χ2n) is 6.61. The highest BCUT2D eigenvalue weighted by molar-refractivity contribution is 5.74. The van der Waals surface area contributed by atoms with E-state index in [1.807, 2.05) is 47.7 Å². The van der Waals surface area contributed by atoms with Gasteiger partial charge in [-0.1, -0.05) is 24.3 Å². The zero-order valence-electron chi connectivity index (χ0n) is 14.6. The second kappa shape index (κ2) is 7.47. The normalized spacial score (nSPS) is 18.9.